The monoisotopic (exact) mass is 240 g/mol. The summed E-state index contributed by atoms with van der Waals surface area (Å²) >= 11 is 0. The van der Waals surface area contributed by atoms with Crippen molar-refractivity contribution < 1.29 is 0 Å². The van der Waals surface area contributed by atoms with Crippen LogP contribution in [0.1, 0.15) is 38.5 Å². The molecule has 0 heterocycles. The molecule has 12 atom stereocenters. The molecule has 0 aromatic rings. The van der Waals surface area contributed by atoms with Gasteiger partial charge in [0, 0.05) is 0 Å². The number of rotatable bonds is 0. The van der Waals surface area contributed by atoms with Crippen LogP contribution in [0.4, 0.5) is 0 Å². The van der Waals surface area contributed by atoms with Crippen molar-refractivity contribution in [2.75, 3.05) is 0 Å². The van der Waals surface area contributed by atoms with Crippen LogP contribution in [-0.4, -0.2) is 0 Å². The molecule has 0 radical (unpaired) electrons. The average Bonchev–Trinajstić information content (AvgIpc) is 3.18. The summed E-state index contributed by atoms with van der Waals surface area (Å²) in [6.07, 6.45) is 9.77. The third-order valence-electron chi connectivity index (χ3n) is 9.67. The van der Waals surface area contributed by atoms with Gasteiger partial charge in [0.2, 0.25) is 0 Å². The molecule has 0 heteroatoms. The van der Waals surface area contributed by atoms with E-state index >= 15 is 0 Å². The van der Waals surface area contributed by atoms with Crippen LogP contribution in [0.5, 0.6) is 0 Å². The molecule has 0 nitrogen and oxygen atoms in total. The summed E-state index contributed by atoms with van der Waals surface area (Å²) < 4.78 is 0. The van der Waals surface area contributed by atoms with Gasteiger partial charge in [0.1, 0.15) is 0 Å². The summed E-state index contributed by atoms with van der Waals surface area (Å²) in [4.78, 5) is 0. The maximum absolute atomic E-state index is 1.66. The Hall–Kier alpha value is 0. The third kappa shape index (κ3) is 0.623. The van der Waals surface area contributed by atoms with Crippen molar-refractivity contribution in [3.05, 3.63) is 0 Å². The lowest BCUT2D eigenvalue weighted by Crippen LogP contribution is -2.46. The minimum absolute atomic E-state index is 1.23. The first-order chi connectivity index (χ1) is 8.97. The fraction of sp³-hybridized carbons (Fsp3) is 1.00. The lowest BCUT2D eigenvalue weighted by molar-refractivity contribution is -0.0361. The van der Waals surface area contributed by atoms with Gasteiger partial charge in [0.05, 0.1) is 0 Å². The van der Waals surface area contributed by atoms with E-state index in [4.69, 9.17) is 0 Å². The molecule has 12 unspecified atom stereocenters. The van der Waals surface area contributed by atoms with E-state index in [0.717, 1.165) is 0 Å². The highest BCUT2D eigenvalue weighted by atomic mass is 14.9. The van der Waals surface area contributed by atoms with Crippen molar-refractivity contribution >= 4 is 0 Å². The molecule has 96 valence electrons. The molecule has 8 bridgehead atoms. The van der Waals surface area contributed by atoms with E-state index in [9.17, 15) is 0 Å². The second-order valence-corrected chi connectivity index (χ2v) is 9.14. The summed E-state index contributed by atoms with van der Waals surface area (Å²) in [5.41, 5.74) is 0. The molecule has 7 aliphatic carbocycles. The fourth-order valence-electron chi connectivity index (χ4n) is 10.3. The Bertz CT molecular complexity index is 430. The van der Waals surface area contributed by atoms with Crippen LogP contribution in [0.2, 0.25) is 0 Å². The highest BCUT2D eigenvalue weighted by Crippen LogP contribution is 2.88. The number of hydrogen-bond acceptors (Lipinski definition) is 0. The first-order valence-electron chi connectivity index (χ1n) is 8.97. The van der Waals surface area contributed by atoms with Gasteiger partial charge in [0.15, 0.2) is 0 Å². The Labute approximate surface area is 110 Å². The molecule has 7 aliphatic rings. The van der Waals surface area contributed by atoms with Gasteiger partial charge in [-0.1, -0.05) is 12.8 Å². The van der Waals surface area contributed by atoms with Crippen LogP contribution in [0, 0.1) is 71.0 Å². The van der Waals surface area contributed by atoms with Crippen LogP contribution in [0.25, 0.3) is 0 Å². The van der Waals surface area contributed by atoms with Gasteiger partial charge in [-0.25, -0.2) is 0 Å². The highest BCUT2D eigenvalue weighted by Gasteiger charge is 2.84. The van der Waals surface area contributed by atoms with Crippen molar-refractivity contribution in [3.8, 4) is 0 Å². The smallest absolute Gasteiger partial charge is 0.0312 e. The second kappa shape index (κ2) is 2.47. The predicted octanol–water partition coefficient (Wildman–Crippen LogP) is 3.82. The van der Waals surface area contributed by atoms with Crippen molar-refractivity contribution in [1.29, 1.82) is 0 Å². The molecule has 0 aliphatic heterocycles. The molecule has 0 spiro atoms. The van der Waals surface area contributed by atoms with Crippen LogP contribution in [0.3, 0.4) is 0 Å². The zero-order valence-corrected chi connectivity index (χ0v) is 11.2. The Morgan fingerprint density at radius 2 is 0.778 bits per heavy atom. The minimum Gasteiger partial charge on any atom is -0.0530 e. The van der Waals surface area contributed by atoms with E-state index in [1.807, 2.05) is 0 Å². The molecule has 0 aromatic heterocycles. The fourth-order valence-corrected chi connectivity index (χ4v) is 10.3. The Kier molecular flexibility index (Phi) is 1.24. The Balaban J connectivity index is 1.46. The normalized spacial score (nSPS) is 80.0. The van der Waals surface area contributed by atoms with Crippen molar-refractivity contribution in [3.63, 3.8) is 0 Å². The topological polar surface area (TPSA) is 0 Å². The van der Waals surface area contributed by atoms with Crippen LogP contribution >= 0.6 is 0 Å². The molecule has 0 aromatic carbocycles. The van der Waals surface area contributed by atoms with Gasteiger partial charge in [-0.2, -0.15) is 0 Å². The molecule has 0 N–H and O–H groups in total. The predicted molar refractivity (Wildman–Crippen MR) is 69.6 cm³/mol. The Morgan fingerprint density at radius 1 is 0.333 bits per heavy atom. The summed E-state index contributed by atoms with van der Waals surface area (Å²) in [5.74, 6) is 15.2. The van der Waals surface area contributed by atoms with Crippen LogP contribution < -0.4 is 0 Å². The molecule has 7 rings (SSSR count). The van der Waals surface area contributed by atoms with Gasteiger partial charge in [0.25, 0.3) is 0 Å². The summed E-state index contributed by atoms with van der Waals surface area (Å²) in [6.45, 7) is 0. The second-order valence-electron chi connectivity index (χ2n) is 9.14. The van der Waals surface area contributed by atoms with E-state index in [-0.39, 0.29) is 0 Å². The standard InChI is InChI=1S/C18H24/c1-2-4-8-7(3-1)12-16-11-9-5-6-10(11)15-14(9)17(12)13(8)18(15)16/h7-18H,1-6H2. The lowest BCUT2D eigenvalue weighted by Gasteiger charge is -2.51. The van der Waals surface area contributed by atoms with E-state index in [1.54, 1.807) is 38.5 Å². The summed E-state index contributed by atoms with van der Waals surface area (Å²) in [5, 5.41) is 0. The molecule has 0 saturated heterocycles. The molecule has 7 saturated carbocycles. The average molecular weight is 240 g/mol. The SMILES string of the molecule is C1CCC2C(C1)C1C3C4C5CCC6C5C1C(C64)C23. The summed E-state index contributed by atoms with van der Waals surface area (Å²) in [6, 6.07) is 0. The van der Waals surface area contributed by atoms with Crippen LogP contribution in [-0.2, 0) is 0 Å². The van der Waals surface area contributed by atoms with Crippen LogP contribution in [0.15, 0.2) is 0 Å². The van der Waals surface area contributed by atoms with Gasteiger partial charge in [-0.15, -0.1) is 0 Å². The zero-order valence-electron chi connectivity index (χ0n) is 11.2. The van der Waals surface area contributed by atoms with Crippen molar-refractivity contribution in [1.82, 2.24) is 0 Å². The largest absolute Gasteiger partial charge is 0.0530 e. The first-order valence-corrected chi connectivity index (χ1v) is 8.97. The molecule has 7 fully saturated rings. The third-order valence-corrected chi connectivity index (χ3v) is 9.67. The highest BCUT2D eigenvalue weighted by molar-refractivity contribution is 5.31. The van der Waals surface area contributed by atoms with Gasteiger partial charge >= 0.3 is 0 Å². The maximum Gasteiger partial charge on any atom is -0.0312 e. The number of hydrogen-bond donors (Lipinski definition) is 0. The molecular formula is C18H24. The van der Waals surface area contributed by atoms with Gasteiger partial charge in [-0.05, 0) is 96.7 Å². The van der Waals surface area contributed by atoms with E-state index < -0.39 is 0 Å². The number of fused-ring (bicyclic) bond motifs is 4. The summed E-state index contributed by atoms with van der Waals surface area (Å²) in [7, 11) is 0. The molecule has 18 heavy (non-hydrogen) atoms. The molecule has 0 amide bonds. The zero-order chi connectivity index (χ0) is 11.2. The lowest BCUT2D eigenvalue weighted by atomic mass is 9.54. The quantitative estimate of drug-likeness (QED) is 0.604. The molecular weight excluding hydrogens is 216 g/mol. The first kappa shape index (κ1) is 9.03. The van der Waals surface area contributed by atoms with Crippen molar-refractivity contribution in [2.45, 2.75) is 38.5 Å². The minimum atomic E-state index is 1.23. The Morgan fingerprint density at radius 3 is 1.39 bits per heavy atom. The van der Waals surface area contributed by atoms with Gasteiger partial charge < -0.3 is 0 Å². The maximum atomic E-state index is 1.66. The van der Waals surface area contributed by atoms with Crippen molar-refractivity contribution in [2.24, 2.45) is 71.0 Å². The van der Waals surface area contributed by atoms with E-state index in [1.165, 1.54) is 71.0 Å². The van der Waals surface area contributed by atoms with Gasteiger partial charge in [-0.3, -0.25) is 0 Å². The van der Waals surface area contributed by atoms with E-state index in [0.29, 0.717) is 0 Å². The van der Waals surface area contributed by atoms with E-state index in [2.05, 4.69) is 0 Å².